The summed E-state index contributed by atoms with van der Waals surface area (Å²) in [6.07, 6.45) is 3.47. The van der Waals surface area contributed by atoms with E-state index >= 15 is 0 Å². The fourth-order valence-electron chi connectivity index (χ4n) is 3.28. The Balaban J connectivity index is 1.60. The van der Waals surface area contributed by atoms with Gasteiger partial charge in [0.1, 0.15) is 5.82 Å². The number of halogens is 3. The van der Waals surface area contributed by atoms with Crippen molar-refractivity contribution >= 4 is 45.0 Å². The second-order valence-electron chi connectivity index (χ2n) is 7.01. The summed E-state index contributed by atoms with van der Waals surface area (Å²) < 4.78 is 64.4. The van der Waals surface area contributed by atoms with Gasteiger partial charge in [0.2, 0.25) is 10.0 Å². The normalized spacial score (nSPS) is 12.6. The summed E-state index contributed by atoms with van der Waals surface area (Å²) in [5.41, 5.74) is -0.899. The number of aromatic nitrogens is 2. The van der Waals surface area contributed by atoms with Crippen LogP contribution < -0.4 is 4.72 Å². The standard InChI is InChI=1S/C23H18F3N3O2S2/c1-27-33(30,31)21-5-3-2-4-18(21)16-9-12-19-20(14-16)29-22(28-19)13-8-15-6-10-17(11-7-15)32-23(24,25)26/h2-14,27H,1H3,(H,28,29). The van der Waals surface area contributed by atoms with E-state index in [1.165, 1.54) is 19.2 Å². The molecular formula is C23H18F3N3O2S2. The van der Waals surface area contributed by atoms with Crippen molar-refractivity contribution in [3.05, 3.63) is 78.1 Å². The number of imidazole rings is 1. The predicted molar refractivity (Wildman–Crippen MR) is 125 cm³/mol. The lowest BCUT2D eigenvalue weighted by Gasteiger charge is -2.09. The van der Waals surface area contributed by atoms with Crippen LogP contribution in [0.25, 0.3) is 34.3 Å². The van der Waals surface area contributed by atoms with Gasteiger partial charge in [-0.2, -0.15) is 13.2 Å². The van der Waals surface area contributed by atoms with E-state index in [1.807, 2.05) is 12.1 Å². The first-order chi connectivity index (χ1) is 15.6. The fraction of sp³-hybridized carbons (Fsp3) is 0.0870. The molecule has 33 heavy (non-hydrogen) atoms. The Kier molecular flexibility index (Phi) is 6.33. The molecule has 0 aliphatic heterocycles. The Hall–Kier alpha value is -3.08. The number of sulfonamides is 1. The molecule has 0 unspecified atom stereocenters. The molecule has 1 heterocycles. The third-order valence-corrected chi connectivity index (χ3v) is 7.02. The van der Waals surface area contributed by atoms with Crippen LogP contribution in [0.4, 0.5) is 13.2 Å². The molecule has 0 aliphatic carbocycles. The van der Waals surface area contributed by atoms with Crippen LogP contribution in [0.5, 0.6) is 0 Å². The van der Waals surface area contributed by atoms with E-state index in [4.69, 9.17) is 0 Å². The van der Waals surface area contributed by atoms with E-state index in [0.717, 1.165) is 11.1 Å². The number of nitrogens with one attached hydrogen (secondary N) is 2. The van der Waals surface area contributed by atoms with Crippen LogP contribution >= 0.6 is 11.8 Å². The van der Waals surface area contributed by atoms with Crippen molar-refractivity contribution in [3.63, 3.8) is 0 Å². The minimum Gasteiger partial charge on any atom is -0.338 e. The van der Waals surface area contributed by atoms with E-state index in [1.54, 1.807) is 54.6 Å². The average Bonchev–Trinajstić information content (AvgIpc) is 3.20. The Morgan fingerprint density at radius 1 is 1.00 bits per heavy atom. The Labute approximate surface area is 192 Å². The highest BCUT2D eigenvalue weighted by Crippen LogP contribution is 2.36. The minimum absolute atomic E-state index is 0.122. The van der Waals surface area contributed by atoms with Gasteiger partial charge in [-0.1, -0.05) is 42.5 Å². The van der Waals surface area contributed by atoms with E-state index in [0.29, 0.717) is 22.5 Å². The summed E-state index contributed by atoms with van der Waals surface area (Å²) >= 11 is -0.154. The van der Waals surface area contributed by atoms with Crippen molar-refractivity contribution in [2.24, 2.45) is 0 Å². The molecule has 170 valence electrons. The van der Waals surface area contributed by atoms with E-state index in [-0.39, 0.29) is 21.6 Å². The molecular weight excluding hydrogens is 471 g/mol. The number of benzene rings is 3. The summed E-state index contributed by atoms with van der Waals surface area (Å²) in [6.45, 7) is 0. The van der Waals surface area contributed by atoms with Gasteiger partial charge >= 0.3 is 5.51 Å². The summed E-state index contributed by atoms with van der Waals surface area (Å²) in [5, 5.41) is 0. The van der Waals surface area contributed by atoms with Crippen molar-refractivity contribution in [1.82, 2.24) is 14.7 Å². The third kappa shape index (κ3) is 5.47. The molecule has 4 rings (SSSR count). The van der Waals surface area contributed by atoms with Crippen LogP contribution in [0.3, 0.4) is 0 Å². The molecule has 0 amide bonds. The van der Waals surface area contributed by atoms with E-state index < -0.39 is 15.5 Å². The molecule has 4 aromatic rings. The van der Waals surface area contributed by atoms with Gasteiger partial charge in [0.25, 0.3) is 0 Å². The maximum atomic E-state index is 12.5. The molecule has 0 fully saturated rings. The van der Waals surface area contributed by atoms with Crippen molar-refractivity contribution in [2.75, 3.05) is 7.05 Å². The molecule has 5 nitrogen and oxygen atoms in total. The number of aromatic amines is 1. The second-order valence-corrected chi connectivity index (χ2v) is 10.0. The molecule has 3 aromatic carbocycles. The smallest absolute Gasteiger partial charge is 0.338 e. The number of thioether (sulfide) groups is 1. The zero-order valence-corrected chi connectivity index (χ0v) is 18.9. The second kappa shape index (κ2) is 9.05. The van der Waals surface area contributed by atoms with Gasteiger partial charge in [0.15, 0.2) is 0 Å². The monoisotopic (exact) mass is 489 g/mol. The highest BCUT2D eigenvalue weighted by molar-refractivity contribution is 8.00. The van der Waals surface area contributed by atoms with Gasteiger partial charge in [-0.15, -0.1) is 0 Å². The molecule has 0 saturated carbocycles. The van der Waals surface area contributed by atoms with Crippen LogP contribution in [0.1, 0.15) is 11.4 Å². The SMILES string of the molecule is CNS(=O)(=O)c1ccccc1-c1ccc2[nH]c(C=Cc3ccc(SC(F)(F)F)cc3)nc2c1. The fourth-order valence-corrected chi connectivity index (χ4v) is 4.77. The van der Waals surface area contributed by atoms with Gasteiger partial charge in [0, 0.05) is 10.5 Å². The number of H-pyrrole nitrogens is 1. The molecule has 10 heteroatoms. The largest absolute Gasteiger partial charge is 0.446 e. The Morgan fingerprint density at radius 3 is 2.42 bits per heavy atom. The lowest BCUT2D eigenvalue weighted by atomic mass is 10.1. The number of alkyl halides is 3. The molecule has 0 radical (unpaired) electrons. The highest BCUT2D eigenvalue weighted by atomic mass is 32.2. The summed E-state index contributed by atoms with van der Waals surface area (Å²) in [5.74, 6) is 0.562. The minimum atomic E-state index is -4.32. The highest BCUT2D eigenvalue weighted by Gasteiger charge is 2.28. The lowest BCUT2D eigenvalue weighted by Crippen LogP contribution is -2.19. The first kappa shape index (κ1) is 23.1. The Morgan fingerprint density at radius 2 is 1.73 bits per heavy atom. The molecule has 0 atom stereocenters. The zero-order chi connectivity index (χ0) is 23.6. The number of rotatable bonds is 6. The predicted octanol–water partition coefficient (Wildman–Crippen LogP) is 5.92. The van der Waals surface area contributed by atoms with Crippen molar-refractivity contribution < 1.29 is 21.6 Å². The van der Waals surface area contributed by atoms with Crippen LogP contribution in [0.2, 0.25) is 0 Å². The maximum absolute atomic E-state index is 12.5. The maximum Gasteiger partial charge on any atom is 0.446 e. The van der Waals surface area contributed by atoms with Gasteiger partial charge in [-0.25, -0.2) is 18.1 Å². The average molecular weight is 490 g/mol. The van der Waals surface area contributed by atoms with E-state index in [9.17, 15) is 21.6 Å². The first-order valence-electron chi connectivity index (χ1n) is 9.71. The lowest BCUT2D eigenvalue weighted by molar-refractivity contribution is -0.0328. The van der Waals surface area contributed by atoms with Gasteiger partial charge in [-0.05, 0) is 66.3 Å². The van der Waals surface area contributed by atoms with E-state index in [2.05, 4.69) is 14.7 Å². The molecule has 2 N–H and O–H groups in total. The third-order valence-electron chi connectivity index (χ3n) is 4.81. The molecule has 1 aromatic heterocycles. The van der Waals surface area contributed by atoms with Crippen molar-refractivity contribution in [1.29, 1.82) is 0 Å². The molecule has 0 saturated heterocycles. The summed E-state index contributed by atoms with van der Waals surface area (Å²) in [4.78, 5) is 7.99. The number of hydrogen-bond donors (Lipinski definition) is 2. The first-order valence-corrected chi connectivity index (χ1v) is 12.0. The Bertz CT molecular complexity index is 1430. The van der Waals surface area contributed by atoms with Crippen LogP contribution in [0, 0.1) is 0 Å². The van der Waals surface area contributed by atoms with Gasteiger partial charge < -0.3 is 4.98 Å². The molecule has 0 bridgehead atoms. The van der Waals surface area contributed by atoms with Gasteiger partial charge in [0.05, 0.1) is 15.9 Å². The molecule has 0 aliphatic rings. The summed E-state index contributed by atoms with van der Waals surface area (Å²) in [6, 6.07) is 18.2. The van der Waals surface area contributed by atoms with Gasteiger partial charge in [-0.3, -0.25) is 0 Å². The number of hydrogen-bond acceptors (Lipinski definition) is 4. The number of fused-ring (bicyclic) bond motifs is 1. The van der Waals surface area contributed by atoms with Crippen LogP contribution in [-0.2, 0) is 10.0 Å². The quantitative estimate of drug-likeness (QED) is 0.330. The molecule has 0 spiro atoms. The zero-order valence-electron chi connectivity index (χ0n) is 17.2. The van der Waals surface area contributed by atoms with Crippen molar-refractivity contribution in [2.45, 2.75) is 15.3 Å². The van der Waals surface area contributed by atoms with Crippen LogP contribution in [-0.4, -0.2) is 30.9 Å². The topological polar surface area (TPSA) is 74.8 Å². The summed E-state index contributed by atoms with van der Waals surface area (Å²) in [7, 11) is -2.27. The van der Waals surface area contributed by atoms with Crippen molar-refractivity contribution in [3.8, 4) is 11.1 Å². The number of nitrogens with zero attached hydrogens (tertiary/aromatic N) is 1. The van der Waals surface area contributed by atoms with Crippen LogP contribution in [0.15, 0.2) is 76.5 Å².